The Morgan fingerprint density at radius 2 is 1.75 bits per heavy atom. The number of likely N-dealkylation sites (N-methyl/N-ethyl adjacent to an activating group) is 1. The molecule has 2 fully saturated rings. The van der Waals surface area contributed by atoms with Crippen LogP contribution in [0, 0.1) is 16.7 Å². The number of rotatable bonds is 3. The highest BCUT2D eigenvalue weighted by molar-refractivity contribution is 5.90. The fourth-order valence-corrected chi connectivity index (χ4v) is 3.59. The molecule has 2 aliphatic carbocycles. The summed E-state index contributed by atoms with van der Waals surface area (Å²) >= 11 is 0. The van der Waals surface area contributed by atoms with Crippen molar-refractivity contribution >= 4 is 11.8 Å². The number of carbonyl (C=O) groups excluding carboxylic acids is 2. The third kappa shape index (κ3) is 2.99. The largest absolute Gasteiger partial charge is 0.357 e. The van der Waals surface area contributed by atoms with Crippen molar-refractivity contribution in [1.29, 1.82) is 0 Å². The van der Waals surface area contributed by atoms with Crippen LogP contribution in [0.15, 0.2) is 0 Å². The SMILES string of the molecule is CNC(=O)C(NC(=O)C1CC12CCCCC2)C(C)(C)C. The Balaban J connectivity index is 1.98. The van der Waals surface area contributed by atoms with Crippen molar-refractivity contribution in [3.05, 3.63) is 0 Å². The molecule has 0 saturated heterocycles. The van der Waals surface area contributed by atoms with Crippen LogP contribution in [0.3, 0.4) is 0 Å². The van der Waals surface area contributed by atoms with Crippen LogP contribution in [-0.2, 0) is 9.59 Å². The van der Waals surface area contributed by atoms with Gasteiger partial charge in [-0.25, -0.2) is 0 Å². The molecule has 2 atom stereocenters. The second-order valence-corrected chi connectivity index (χ2v) is 7.60. The highest BCUT2D eigenvalue weighted by Gasteiger charge is 2.58. The Bertz CT molecular complexity index is 392. The van der Waals surface area contributed by atoms with Crippen LogP contribution < -0.4 is 10.6 Å². The maximum atomic E-state index is 12.5. The smallest absolute Gasteiger partial charge is 0.242 e. The van der Waals surface area contributed by atoms with Crippen molar-refractivity contribution in [2.24, 2.45) is 16.7 Å². The van der Waals surface area contributed by atoms with E-state index in [1.807, 2.05) is 20.8 Å². The van der Waals surface area contributed by atoms with Crippen LogP contribution in [0.4, 0.5) is 0 Å². The molecule has 20 heavy (non-hydrogen) atoms. The number of hydrogen-bond donors (Lipinski definition) is 2. The first kappa shape index (κ1) is 15.3. The predicted molar refractivity (Wildman–Crippen MR) is 79.1 cm³/mol. The molecule has 0 bridgehead atoms. The normalized spacial score (nSPS) is 25.9. The van der Waals surface area contributed by atoms with Gasteiger partial charge >= 0.3 is 0 Å². The van der Waals surface area contributed by atoms with Gasteiger partial charge in [0.1, 0.15) is 6.04 Å². The number of nitrogens with one attached hydrogen (secondary N) is 2. The van der Waals surface area contributed by atoms with Gasteiger partial charge in [0.05, 0.1) is 0 Å². The summed E-state index contributed by atoms with van der Waals surface area (Å²) in [6, 6.07) is -0.457. The molecule has 0 aromatic carbocycles. The summed E-state index contributed by atoms with van der Waals surface area (Å²) in [5, 5.41) is 5.64. The van der Waals surface area contributed by atoms with Crippen LogP contribution in [-0.4, -0.2) is 24.9 Å². The summed E-state index contributed by atoms with van der Waals surface area (Å²) in [5.41, 5.74) is -0.00215. The maximum absolute atomic E-state index is 12.5. The second kappa shape index (κ2) is 5.38. The van der Waals surface area contributed by atoms with Gasteiger partial charge in [-0.15, -0.1) is 0 Å². The lowest BCUT2D eigenvalue weighted by atomic mass is 9.83. The summed E-state index contributed by atoms with van der Waals surface area (Å²) in [6.07, 6.45) is 7.20. The van der Waals surface area contributed by atoms with Crippen LogP contribution >= 0.6 is 0 Å². The van der Waals surface area contributed by atoms with Crippen LogP contribution in [0.2, 0.25) is 0 Å². The van der Waals surface area contributed by atoms with Gasteiger partial charge in [0, 0.05) is 13.0 Å². The molecule has 2 rings (SSSR count). The molecule has 0 radical (unpaired) electrons. The van der Waals surface area contributed by atoms with E-state index in [1.165, 1.54) is 32.1 Å². The highest BCUT2D eigenvalue weighted by atomic mass is 16.2. The van der Waals surface area contributed by atoms with E-state index in [9.17, 15) is 9.59 Å². The lowest BCUT2D eigenvalue weighted by Gasteiger charge is -2.30. The fourth-order valence-electron chi connectivity index (χ4n) is 3.59. The number of hydrogen-bond acceptors (Lipinski definition) is 2. The van der Waals surface area contributed by atoms with Crippen molar-refractivity contribution in [3.63, 3.8) is 0 Å². The minimum atomic E-state index is -0.457. The highest BCUT2D eigenvalue weighted by Crippen LogP contribution is 2.61. The van der Waals surface area contributed by atoms with Crippen molar-refractivity contribution < 1.29 is 9.59 Å². The van der Waals surface area contributed by atoms with Gasteiger partial charge in [0.15, 0.2) is 0 Å². The maximum Gasteiger partial charge on any atom is 0.242 e. The van der Waals surface area contributed by atoms with Gasteiger partial charge in [-0.05, 0) is 30.1 Å². The first-order valence-corrected chi connectivity index (χ1v) is 7.82. The molecule has 0 aromatic heterocycles. The average Bonchev–Trinajstić information content (AvgIpc) is 3.08. The Morgan fingerprint density at radius 3 is 2.25 bits per heavy atom. The zero-order chi connectivity index (χ0) is 15.0. The molecule has 114 valence electrons. The van der Waals surface area contributed by atoms with E-state index in [0.29, 0.717) is 0 Å². The van der Waals surface area contributed by atoms with E-state index in [4.69, 9.17) is 0 Å². The Hall–Kier alpha value is -1.06. The third-order valence-corrected chi connectivity index (χ3v) is 5.02. The minimum absolute atomic E-state index is 0.0791. The summed E-state index contributed by atoms with van der Waals surface area (Å²) in [5.74, 6) is 0.108. The van der Waals surface area contributed by atoms with E-state index in [1.54, 1.807) is 7.05 Å². The van der Waals surface area contributed by atoms with Gasteiger partial charge in [0.2, 0.25) is 11.8 Å². The minimum Gasteiger partial charge on any atom is -0.357 e. The molecule has 4 nitrogen and oxygen atoms in total. The second-order valence-electron chi connectivity index (χ2n) is 7.60. The molecule has 2 unspecified atom stereocenters. The molecular formula is C16H28N2O2. The summed E-state index contributed by atoms with van der Waals surface area (Å²) < 4.78 is 0. The zero-order valence-electron chi connectivity index (χ0n) is 13.2. The lowest BCUT2D eigenvalue weighted by Crippen LogP contribution is -2.53. The number of carbonyl (C=O) groups is 2. The zero-order valence-corrected chi connectivity index (χ0v) is 13.2. The molecule has 2 N–H and O–H groups in total. The van der Waals surface area contributed by atoms with E-state index >= 15 is 0 Å². The van der Waals surface area contributed by atoms with E-state index in [-0.39, 0.29) is 28.6 Å². The topological polar surface area (TPSA) is 58.2 Å². The molecule has 0 aliphatic heterocycles. The summed E-state index contributed by atoms with van der Waals surface area (Å²) in [6.45, 7) is 5.95. The third-order valence-electron chi connectivity index (χ3n) is 5.02. The predicted octanol–water partition coefficient (Wildman–Crippen LogP) is 2.23. The van der Waals surface area contributed by atoms with Crippen LogP contribution in [0.5, 0.6) is 0 Å². The molecular weight excluding hydrogens is 252 g/mol. The van der Waals surface area contributed by atoms with Crippen LogP contribution in [0.1, 0.15) is 59.3 Å². The molecule has 0 aromatic rings. The Kier molecular flexibility index (Phi) is 4.12. The van der Waals surface area contributed by atoms with Crippen molar-refractivity contribution in [3.8, 4) is 0 Å². The molecule has 2 amide bonds. The van der Waals surface area contributed by atoms with E-state index in [0.717, 1.165) is 6.42 Å². The van der Waals surface area contributed by atoms with Gasteiger partial charge in [-0.2, -0.15) is 0 Å². The van der Waals surface area contributed by atoms with E-state index < -0.39 is 6.04 Å². The fraction of sp³-hybridized carbons (Fsp3) is 0.875. The quantitative estimate of drug-likeness (QED) is 0.833. The molecule has 2 aliphatic rings. The first-order chi connectivity index (χ1) is 9.30. The van der Waals surface area contributed by atoms with Crippen LogP contribution in [0.25, 0.3) is 0 Å². The Morgan fingerprint density at radius 1 is 1.15 bits per heavy atom. The van der Waals surface area contributed by atoms with Gasteiger partial charge < -0.3 is 10.6 Å². The van der Waals surface area contributed by atoms with Gasteiger partial charge in [0.25, 0.3) is 0 Å². The summed E-state index contributed by atoms with van der Waals surface area (Å²) in [4.78, 5) is 24.4. The monoisotopic (exact) mass is 280 g/mol. The van der Waals surface area contributed by atoms with Gasteiger partial charge in [-0.3, -0.25) is 9.59 Å². The molecule has 1 spiro atoms. The van der Waals surface area contributed by atoms with Gasteiger partial charge in [-0.1, -0.05) is 40.0 Å². The van der Waals surface area contributed by atoms with E-state index in [2.05, 4.69) is 10.6 Å². The van der Waals surface area contributed by atoms with Crippen molar-refractivity contribution in [2.45, 2.75) is 65.3 Å². The Labute approximate surface area is 122 Å². The standard InChI is InChI=1S/C16H28N2O2/c1-15(2,3)12(14(20)17-4)18-13(19)11-10-16(11)8-6-5-7-9-16/h11-12H,5-10H2,1-4H3,(H,17,20)(H,18,19). The number of amides is 2. The molecule has 4 heteroatoms. The average molecular weight is 280 g/mol. The van der Waals surface area contributed by atoms with Crippen molar-refractivity contribution in [2.75, 3.05) is 7.05 Å². The van der Waals surface area contributed by atoms with Crippen molar-refractivity contribution in [1.82, 2.24) is 10.6 Å². The molecule has 2 saturated carbocycles. The molecule has 0 heterocycles. The first-order valence-electron chi connectivity index (χ1n) is 7.82. The summed E-state index contributed by atoms with van der Waals surface area (Å²) in [7, 11) is 1.62. The lowest BCUT2D eigenvalue weighted by molar-refractivity contribution is -0.132.